The van der Waals surface area contributed by atoms with Crippen molar-refractivity contribution >= 4 is 5.97 Å². The van der Waals surface area contributed by atoms with E-state index in [0.717, 1.165) is 25.9 Å². The summed E-state index contributed by atoms with van der Waals surface area (Å²) in [6.45, 7) is 8.64. The number of carboxylic acid groups (broad SMARTS) is 1. The summed E-state index contributed by atoms with van der Waals surface area (Å²) in [5, 5.41) is 8.81. The molecule has 1 aromatic rings. The molecule has 0 aromatic heterocycles. The van der Waals surface area contributed by atoms with Crippen LogP contribution in [0.5, 0.6) is 0 Å². The predicted octanol–water partition coefficient (Wildman–Crippen LogP) is 3.25. The van der Waals surface area contributed by atoms with Crippen molar-refractivity contribution in [1.82, 2.24) is 4.90 Å². The first-order valence-electron chi connectivity index (χ1n) is 7.41. The van der Waals surface area contributed by atoms with Crippen LogP contribution in [-0.4, -0.2) is 35.6 Å². The zero-order valence-corrected chi connectivity index (χ0v) is 12.7. The van der Waals surface area contributed by atoms with Crippen molar-refractivity contribution in [3.63, 3.8) is 0 Å². The minimum absolute atomic E-state index is 0.176. The minimum atomic E-state index is -0.724. The summed E-state index contributed by atoms with van der Waals surface area (Å²) in [7, 11) is 0. The smallest absolute Gasteiger partial charge is 0.317 e. The molecule has 3 heteroatoms. The maximum Gasteiger partial charge on any atom is 0.317 e. The largest absolute Gasteiger partial charge is 0.480 e. The van der Waals surface area contributed by atoms with Crippen molar-refractivity contribution in [3.8, 4) is 0 Å². The summed E-state index contributed by atoms with van der Waals surface area (Å²) in [6, 6.07) is 8.97. The molecule has 1 aromatic carbocycles. The van der Waals surface area contributed by atoms with Crippen LogP contribution in [0.2, 0.25) is 0 Å². The van der Waals surface area contributed by atoms with Gasteiger partial charge in [-0.15, -0.1) is 0 Å². The molecule has 0 spiro atoms. The first-order valence-corrected chi connectivity index (χ1v) is 7.41. The van der Waals surface area contributed by atoms with Crippen LogP contribution in [0.3, 0.4) is 0 Å². The summed E-state index contributed by atoms with van der Waals surface area (Å²) < 4.78 is 0. The molecule has 0 unspecified atom stereocenters. The second-order valence-electron chi connectivity index (χ2n) is 6.82. The van der Waals surface area contributed by atoms with Crippen LogP contribution >= 0.6 is 0 Å². The Morgan fingerprint density at radius 2 is 1.75 bits per heavy atom. The highest BCUT2D eigenvalue weighted by Gasteiger charge is 2.22. The van der Waals surface area contributed by atoms with Crippen LogP contribution < -0.4 is 0 Å². The molecule has 0 atom stereocenters. The second kappa shape index (κ2) is 5.96. The minimum Gasteiger partial charge on any atom is -0.480 e. The van der Waals surface area contributed by atoms with E-state index >= 15 is 0 Å². The number of rotatable bonds is 3. The first-order chi connectivity index (χ1) is 9.36. The fourth-order valence-corrected chi connectivity index (χ4v) is 2.87. The molecule has 2 rings (SSSR count). The standard InChI is InChI=1S/C17H25NO2/c1-17(2,3)15-6-4-13(5-7-15)14-8-10-18(11-9-14)12-16(19)20/h4-7,14H,8-12H2,1-3H3,(H,19,20). The zero-order chi connectivity index (χ0) is 14.8. The number of aliphatic carboxylic acids is 1. The van der Waals surface area contributed by atoms with E-state index in [1.807, 2.05) is 4.90 Å². The van der Waals surface area contributed by atoms with Crippen LogP contribution in [-0.2, 0) is 10.2 Å². The van der Waals surface area contributed by atoms with Crippen molar-refractivity contribution in [1.29, 1.82) is 0 Å². The molecule has 0 amide bonds. The van der Waals surface area contributed by atoms with Gasteiger partial charge >= 0.3 is 5.97 Å². The SMILES string of the molecule is CC(C)(C)c1ccc(C2CCN(CC(=O)O)CC2)cc1. The molecule has 0 saturated carbocycles. The zero-order valence-electron chi connectivity index (χ0n) is 12.7. The van der Waals surface area contributed by atoms with E-state index < -0.39 is 5.97 Å². The van der Waals surface area contributed by atoms with E-state index in [1.54, 1.807) is 0 Å². The molecule has 110 valence electrons. The van der Waals surface area contributed by atoms with Gasteiger partial charge in [-0.2, -0.15) is 0 Å². The molecule has 1 aliphatic heterocycles. The molecular weight excluding hydrogens is 250 g/mol. The average Bonchev–Trinajstić information content (AvgIpc) is 2.38. The molecule has 1 aliphatic rings. The molecule has 0 radical (unpaired) electrons. The third-order valence-electron chi connectivity index (χ3n) is 4.19. The third kappa shape index (κ3) is 3.83. The quantitative estimate of drug-likeness (QED) is 0.920. The number of hydrogen-bond acceptors (Lipinski definition) is 2. The lowest BCUT2D eigenvalue weighted by molar-refractivity contribution is -0.138. The molecule has 1 heterocycles. The van der Waals surface area contributed by atoms with Gasteiger partial charge < -0.3 is 5.11 Å². The molecule has 1 saturated heterocycles. The first kappa shape index (κ1) is 15.0. The number of carbonyl (C=O) groups is 1. The van der Waals surface area contributed by atoms with Crippen molar-refractivity contribution in [2.75, 3.05) is 19.6 Å². The lowest BCUT2D eigenvalue weighted by atomic mass is 9.84. The molecule has 0 bridgehead atoms. The maximum absolute atomic E-state index is 10.7. The normalized spacial score (nSPS) is 18.1. The molecule has 1 N–H and O–H groups in total. The van der Waals surface area contributed by atoms with Gasteiger partial charge in [-0.05, 0) is 48.4 Å². The number of carboxylic acids is 1. The topological polar surface area (TPSA) is 40.5 Å². The van der Waals surface area contributed by atoms with Gasteiger partial charge in [0.1, 0.15) is 0 Å². The number of nitrogens with zero attached hydrogens (tertiary/aromatic N) is 1. The van der Waals surface area contributed by atoms with Crippen molar-refractivity contribution in [3.05, 3.63) is 35.4 Å². The van der Waals surface area contributed by atoms with Gasteiger partial charge in [0.25, 0.3) is 0 Å². The van der Waals surface area contributed by atoms with Crippen molar-refractivity contribution in [2.45, 2.75) is 44.9 Å². The summed E-state index contributed by atoms with van der Waals surface area (Å²) in [4.78, 5) is 12.7. The third-order valence-corrected chi connectivity index (χ3v) is 4.19. The van der Waals surface area contributed by atoms with Crippen LogP contribution in [0.4, 0.5) is 0 Å². The van der Waals surface area contributed by atoms with E-state index in [4.69, 9.17) is 5.11 Å². The van der Waals surface area contributed by atoms with Crippen LogP contribution in [0.1, 0.15) is 50.7 Å². The summed E-state index contributed by atoms with van der Waals surface area (Å²) in [6.07, 6.45) is 2.12. The second-order valence-corrected chi connectivity index (χ2v) is 6.82. The highest BCUT2D eigenvalue weighted by Crippen LogP contribution is 2.30. The molecule has 3 nitrogen and oxygen atoms in total. The van der Waals surface area contributed by atoms with Gasteiger partial charge in [-0.3, -0.25) is 9.69 Å². The van der Waals surface area contributed by atoms with E-state index in [2.05, 4.69) is 45.0 Å². The maximum atomic E-state index is 10.7. The van der Waals surface area contributed by atoms with Crippen molar-refractivity contribution in [2.24, 2.45) is 0 Å². The Hall–Kier alpha value is -1.35. The van der Waals surface area contributed by atoms with Gasteiger partial charge in [-0.1, -0.05) is 45.0 Å². The number of hydrogen-bond donors (Lipinski definition) is 1. The van der Waals surface area contributed by atoms with Gasteiger partial charge in [0, 0.05) is 0 Å². The van der Waals surface area contributed by atoms with Gasteiger partial charge in [0.05, 0.1) is 6.54 Å². The molecule has 20 heavy (non-hydrogen) atoms. The Morgan fingerprint density at radius 1 is 1.20 bits per heavy atom. The summed E-state index contributed by atoms with van der Waals surface area (Å²) in [5.41, 5.74) is 2.96. The van der Waals surface area contributed by atoms with Crippen LogP contribution in [0.15, 0.2) is 24.3 Å². The van der Waals surface area contributed by atoms with Crippen LogP contribution in [0.25, 0.3) is 0 Å². The fourth-order valence-electron chi connectivity index (χ4n) is 2.87. The predicted molar refractivity (Wildman–Crippen MR) is 81.2 cm³/mol. The Balaban J connectivity index is 1.95. The van der Waals surface area contributed by atoms with Gasteiger partial charge in [0.15, 0.2) is 0 Å². The Labute approximate surface area is 121 Å². The average molecular weight is 275 g/mol. The van der Waals surface area contributed by atoms with Crippen LogP contribution in [0, 0.1) is 0 Å². The lowest BCUT2D eigenvalue weighted by Gasteiger charge is -2.31. The Kier molecular flexibility index (Phi) is 4.48. The molecule has 1 fully saturated rings. The van der Waals surface area contributed by atoms with Gasteiger partial charge in [-0.25, -0.2) is 0 Å². The number of benzene rings is 1. The highest BCUT2D eigenvalue weighted by molar-refractivity contribution is 5.69. The molecule has 0 aliphatic carbocycles. The highest BCUT2D eigenvalue weighted by atomic mass is 16.4. The van der Waals surface area contributed by atoms with Gasteiger partial charge in [0.2, 0.25) is 0 Å². The van der Waals surface area contributed by atoms with Crippen molar-refractivity contribution < 1.29 is 9.90 Å². The van der Waals surface area contributed by atoms with E-state index in [9.17, 15) is 4.79 Å². The Morgan fingerprint density at radius 3 is 2.20 bits per heavy atom. The Bertz CT molecular complexity index is 451. The molecular formula is C17H25NO2. The number of likely N-dealkylation sites (tertiary alicyclic amines) is 1. The monoisotopic (exact) mass is 275 g/mol. The fraction of sp³-hybridized carbons (Fsp3) is 0.588. The van der Waals surface area contributed by atoms with E-state index in [0.29, 0.717) is 5.92 Å². The summed E-state index contributed by atoms with van der Waals surface area (Å²) >= 11 is 0. The number of piperidine rings is 1. The lowest BCUT2D eigenvalue weighted by Crippen LogP contribution is -2.36. The summed E-state index contributed by atoms with van der Waals surface area (Å²) in [5.74, 6) is -0.146. The van der Waals surface area contributed by atoms with E-state index in [-0.39, 0.29) is 12.0 Å². The van der Waals surface area contributed by atoms with E-state index in [1.165, 1.54) is 11.1 Å².